The largest absolute Gasteiger partial charge is 0.493 e. The maximum absolute atomic E-state index is 11.9. The summed E-state index contributed by atoms with van der Waals surface area (Å²) in [5.41, 5.74) is 5.36. The predicted molar refractivity (Wildman–Crippen MR) is 66.0 cm³/mol. The summed E-state index contributed by atoms with van der Waals surface area (Å²) in [5.74, 6) is -1.33. The molecule has 0 aromatic heterocycles. The minimum Gasteiger partial charge on any atom is -0.493 e. The third-order valence-corrected chi connectivity index (χ3v) is 2.50. The number of benzene rings is 1. The fraction of sp³-hybridized carbons (Fsp3) is 0.333. The molecule has 1 unspecified atom stereocenters. The Balaban J connectivity index is 3.30. The summed E-state index contributed by atoms with van der Waals surface area (Å²) in [7, 11) is 4.20. The topological polar surface area (TPSA) is 108 Å². The standard InChI is InChI=1S/C12H15NO6/c1-17-7-4-6(10(14)9(13)12(15)16)5-8(18-2)11(7)19-3/h4-5,9H,13H2,1-3H3,(H,15,16). The number of carbonyl (C=O) groups excluding carboxylic acids is 1. The van der Waals surface area contributed by atoms with Crippen molar-refractivity contribution in [2.45, 2.75) is 6.04 Å². The van der Waals surface area contributed by atoms with Crippen molar-refractivity contribution in [1.82, 2.24) is 0 Å². The van der Waals surface area contributed by atoms with E-state index < -0.39 is 17.8 Å². The molecule has 7 heteroatoms. The lowest BCUT2D eigenvalue weighted by Crippen LogP contribution is -2.38. The number of hydrogen-bond donors (Lipinski definition) is 2. The van der Waals surface area contributed by atoms with Gasteiger partial charge < -0.3 is 25.1 Å². The quantitative estimate of drug-likeness (QED) is 0.565. The van der Waals surface area contributed by atoms with E-state index in [4.69, 9.17) is 25.1 Å². The zero-order valence-electron chi connectivity index (χ0n) is 10.8. The van der Waals surface area contributed by atoms with Gasteiger partial charge in [0, 0.05) is 5.56 Å². The van der Waals surface area contributed by atoms with Crippen LogP contribution >= 0.6 is 0 Å². The molecule has 0 aliphatic rings. The van der Waals surface area contributed by atoms with Gasteiger partial charge in [0.2, 0.25) is 5.75 Å². The first-order chi connectivity index (χ1) is 8.96. The number of methoxy groups -OCH3 is 3. The van der Waals surface area contributed by atoms with Crippen molar-refractivity contribution in [3.63, 3.8) is 0 Å². The molecule has 0 bridgehead atoms. The van der Waals surface area contributed by atoms with E-state index in [1.807, 2.05) is 0 Å². The SMILES string of the molecule is COc1cc(C(=O)C(N)C(=O)O)cc(OC)c1OC. The number of carboxylic acids is 1. The Morgan fingerprint density at radius 1 is 1.11 bits per heavy atom. The number of carbonyl (C=O) groups is 2. The maximum Gasteiger partial charge on any atom is 0.328 e. The highest BCUT2D eigenvalue weighted by molar-refractivity contribution is 6.11. The number of Topliss-reactive ketones (excluding diaryl/α,β-unsaturated/α-hetero) is 1. The zero-order valence-corrected chi connectivity index (χ0v) is 10.8. The van der Waals surface area contributed by atoms with E-state index in [-0.39, 0.29) is 17.1 Å². The lowest BCUT2D eigenvalue weighted by Gasteiger charge is -2.14. The van der Waals surface area contributed by atoms with Gasteiger partial charge in [-0.15, -0.1) is 0 Å². The third-order valence-electron chi connectivity index (χ3n) is 2.50. The molecule has 0 amide bonds. The van der Waals surface area contributed by atoms with Gasteiger partial charge in [-0.2, -0.15) is 0 Å². The zero-order chi connectivity index (χ0) is 14.6. The molecule has 0 heterocycles. The molecule has 19 heavy (non-hydrogen) atoms. The van der Waals surface area contributed by atoms with Crippen LogP contribution in [0.2, 0.25) is 0 Å². The summed E-state index contributed by atoms with van der Waals surface area (Å²) in [4.78, 5) is 22.6. The third kappa shape index (κ3) is 2.94. The van der Waals surface area contributed by atoms with Gasteiger partial charge in [-0.3, -0.25) is 9.59 Å². The van der Waals surface area contributed by atoms with Gasteiger partial charge in [0.25, 0.3) is 0 Å². The van der Waals surface area contributed by atoms with E-state index in [2.05, 4.69) is 0 Å². The molecule has 7 nitrogen and oxygen atoms in total. The van der Waals surface area contributed by atoms with Crippen LogP contribution in [0.1, 0.15) is 10.4 Å². The Morgan fingerprint density at radius 3 is 1.89 bits per heavy atom. The molecule has 0 saturated heterocycles. The van der Waals surface area contributed by atoms with Crippen LogP contribution in [-0.4, -0.2) is 44.2 Å². The molecular formula is C12H15NO6. The molecule has 0 saturated carbocycles. The average Bonchev–Trinajstić information content (AvgIpc) is 2.43. The second-order valence-electron chi connectivity index (χ2n) is 3.59. The van der Waals surface area contributed by atoms with Gasteiger partial charge in [0.05, 0.1) is 21.3 Å². The van der Waals surface area contributed by atoms with Crippen LogP contribution in [0.4, 0.5) is 0 Å². The Kier molecular flexibility index (Phi) is 4.71. The first-order valence-corrected chi connectivity index (χ1v) is 5.28. The molecule has 0 aliphatic heterocycles. The van der Waals surface area contributed by atoms with E-state index in [1.54, 1.807) is 0 Å². The molecule has 1 atom stereocenters. The summed E-state index contributed by atoms with van der Waals surface area (Å²) in [6.45, 7) is 0. The van der Waals surface area contributed by atoms with Crippen molar-refractivity contribution in [2.75, 3.05) is 21.3 Å². The van der Waals surface area contributed by atoms with Crippen LogP contribution in [-0.2, 0) is 4.79 Å². The molecule has 0 spiro atoms. The van der Waals surface area contributed by atoms with Crippen molar-refractivity contribution in [3.8, 4) is 17.2 Å². The van der Waals surface area contributed by atoms with Crippen LogP contribution < -0.4 is 19.9 Å². The van der Waals surface area contributed by atoms with Crippen LogP contribution in [0.5, 0.6) is 17.2 Å². The second kappa shape index (κ2) is 6.05. The Labute approximate surface area is 109 Å². The first kappa shape index (κ1) is 14.8. The molecule has 1 rings (SSSR count). The fourth-order valence-electron chi connectivity index (χ4n) is 1.52. The summed E-state index contributed by atoms with van der Waals surface area (Å²) in [5, 5.41) is 8.73. The number of ketones is 1. The van der Waals surface area contributed by atoms with Crippen molar-refractivity contribution in [3.05, 3.63) is 17.7 Å². The van der Waals surface area contributed by atoms with E-state index in [9.17, 15) is 9.59 Å². The summed E-state index contributed by atoms with van der Waals surface area (Å²) in [6, 6.07) is 1.07. The molecule has 3 N–H and O–H groups in total. The van der Waals surface area contributed by atoms with Crippen molar-refractivity contribution < 1.29 is 28.9 Å². The van der Waals surface area contributed by atoms with Crippen LogP contribution in [0, 0.1) is 0 Å². The highest BCUT2D eigenvalue weighted by atomic mass is 16.5. The highest BCUT2D eigenvalue weighted by Gasteiger charge is 2.25. The van der Waals surface area contributed by atoms with E-state index in [0.29, 0.717) is 5.75 Å². The molecule has 1 aromatic carbocycles. The molecule has 0 radical (unpaired) electrons. The second-order valence-corrected chi connectivity index (χ2v) is 3.59. The fourth-order valence-corrected chi connectivity index (χ4v) is 1.52. The minimum atomic E-state index is -1.64. The normalized spacial score (nSPS) is 11.6. The highest BCUT2D eigenvalue weighted by Crippen LogP contribution is 2.38. The molecule has 0 aliphatic carbocycles. The van der Waals surface area contributed by atoms with Crippen molar-refractivity contribution >= 4 is 11.8 Å². The summed E-state index contributed by atoms with van der Waals surface area (Å²) in [6.07, 6.45) is 0. The van der Waals surface area contributed by atoms with Gasteiger partial charge in [0.1, 0.15) is 0 Å². The van der Waals surface area contributed by atoms with Crippen LogP contribution in [0.3, 0.4) is 0 Å². The Bertz CT molecular complexity index is 474. The van der Waals surface area contributed by atoms with Gasteiger partial charge >= 0.3 is 5.97 Å². The Hall–Kier alpha value is -2.28. The summed E-state index contributed by atoms with van der Waals surface area (Å²) >= 11 is 0. The molecule has 0 fully saturated rings. The number of ether oxygens (including phenoxy) is 3. The van der Waals surface area contributed by atoms with Gasteiger partial charge in [-0.1, -0.05) is 0 Å². The average molecular weight is 269 g/mol. The van der Waals surface area contributed by atoms with E-state index in [0.717, 1.165) is 0 Å². The molecular weight excluding hydrogens is 254 g/mol. The lowest BCUT2D eigenvalue weighted by atomic mass is 10.0. The minimum absolute atomic E-state index is 0.0735. The summed E-state index contributed by atoms with van der Waals surface area (Å²) < 4.78 is 15.2. The van der Waals surface area contributed by atoms with Gasteiger partial charge in [-0.05, 0) is 12.1 Å². The number of carboxylic acid groups (broad SMARTS) is 1. The van der Waals surface area contributed by atoms with Crippen molar-refractivity contribution in [2.24, 2.45) is 5.73 Å². The number of rotatable bonds is 6. The number of nitrogens with two attached hydrogens (primary N) is 1. The molecule has 1 aromatic rings. The maximum atomic E-state index is 11.9. The predicted octanol–water partition coefficient (Wildman–Crippen LogP) is 0.307. The number of hydrogen-bond acceptors (Lipinski definition) is 6. The Morgan fingerprint density at radius 2 is 1.58 bits per heavy atom. The van der Waals surface area contributed by atoms with Gasteiger partial charge in [0.15, 0.2) is 23.3 Å². The van der Waals surface area contributed by atoms with E-state index in [1.165, 1.54) is 33.5 Å². The van der Waals surface area contributed by atoms with E-state index >= 15 is 0 Å². The van der Waals surface area contributed by atoms with Crippen LogP contribution in [0.25, 0.3) is 0 Å². The monoisotopic (exact) mass is 269 g/mol. The van der Waals surface area contributed by atoms with Gasteiger partial charge in [-0.25, -0.2) is 0 Å². The first-order valence-electron chi connectivity index (χ1n) is 5.28. The lowest BCUT2D eigenvalue weighted by molar-refractivity contribution is -0.137. The molecule has 104 valence electrons. The van der Waals surface area contributed by atoms with Crippen molar-refractivity contribution in [1.29, 1.82) is 0 Å². The smallest absolute Gasteiger partial charge is 0.328 e. The van der Waals surface area contributed by atoms with Crippen LogP contribution in [0.15, 0.2) is 12.1 Å². The number of aliphatic carboxylic acids is 1.